The van der Waals surface area contributed by atoms with Crippen LogP contribution < -0.4 is 4.90 Å². The minimum Gasteiger partial charge on any atom is -0.339 e. The van der Waals surface area contributed by atoms with Crippen LogP contribution in [0, 0.1) is 13.8 Å². The zero-order valence-electron chi connectivity index (χ0n) is 13.6. The van der Waals surface area contributed by atoms with E-state index in [2.05, 4.69) is 25.1 Å². The van der Waals surface area contributed by atoms with Gasteiger partial charge in [0, 0.05) is 50.7 Å². The van der Waals surface area contributed by atoms with Crippen molar-refractivity contribution >= 4 is 11.9 Å². The predicted molar refractivity (Wildman–Crippen MR) is 87.2 cm³/mol. The third kappa shape index (κ3) is 3.49. The Hall–Kier alpha value is -2.44. The van der Waals surface area contributed by atoms with Crippen LogP contribution in [0.15, 0.2) is 18.5 Å². The Balaban J connectivity index is 1.50. The van der Waals surface area contributed by atoms with Crippen LogP contribution in [0.4, 0.5) is 5.95 Å². The lowest BCUT2D eigenvalue weighted by molar-refractivity contribution is -0.131. The first kappa shape index (κ1) is 15.5. The normalized spacial score (nSPS) is 15.0. The number of aromatic nitrogens is 4. The van der Waals surface area contributed by atoms with Crippen LogP contribution in [0.5, 0.6) is 0 Å². The number of rotatable bonds is 4. The van der Waals surface area contributed by atoms with Gasteiger partial charge in [0.15, 0.2) is 0 Å². The second kappa shape index (κ2) is 6.76. The van der Waals surface area contributed by atoms with Crippen LogP contribution in [0.3, 0.4) is 0 Å². The molecule has 0 radical (unpaired) electrons. The number of hydrogen-bond acceptors (Lipinski definition) is 5. The number of aryl methyl sites for hydroxylation is 2. The van der Waals surface area contributed by atoms with Crippen molar-refractivity contribution in [2.75, 3.05) is 31.1 Å². The van der Waals surface area contributed by atoms with E-state index in [4.69, 9.17) is 0 Å². The quantitative estimate of drug-likeness (QED) is 0.914. The fraction of sp³-hybridized carbons (Fsp3) is 0.500. The lowest BCUT2D eigenvalue weighted by Gasteiger charge is -2.34. The van der Waals surface area contributed by atoms with Crippen molar-refractivity contribution in [3.63, 3.8) is 0 Å². The van der Waals surface area contributed by atoms with Crippen molar-refractivity contribution < 1.29 is 4.79 Å². The molecule has 1 amide bonds. The summed E-state index contributed by atoms with van der Waals surface area (Å²) in [6.45, 7) is 6.97. The number of piperazine rings is 1. The van der Waals surface area contributed by atoms with Crippen LogP contribution in [-0.4, -0.2) is 57.2 Å². The Bertz CT molecular complexity index is 641. The number of H-pyrrole nitrogens is 1. The van der Waals surface area contributed by atoms with Crippen LogP contribution in [0.2, 0.25) is 0 Å². The number of amides is 1. The van der Waals surface area contributed by atoms with Crippen molar-refractivity contribution in [2.24, 2.45) is 0 Å². The van der Waals surface area contributed by atoms with Gasteiger partial charge in [-0.3, -0.25) is 9.89 Å². The topological polar surface area (TPSA) is 78.0 Å². The number of nitrogens with one attached hydrogen (secondary N) is 1. The molecule has 1 aliphatic rings. The molecule has 0 atom stereocenters. The van der Waals surface area contributed by atoms with Crippen molar-refractivity contribution in [3.05, 3.63) is 35.4 Å². The standard InChI is InChI=1S/C16H22N6O/c1-12-14(13(2)20-19-12)4-5-15(23)21-8-10-22(11-9-21)16-17-6-3-7-18-16/h3,6-7H,4-5,8-11H2,1-2H3,(H,19,20). The molecule has 3 rings (SSSR count). The average molecular weight is 314 g/mol. The third-order valence-corrected chi connectivity index (χ3v) is 4.34. The molecule has 1 saturated heterocycles. The molecular formula is C16H22N6O. The van der Waals surface area contributed by atoms with E-state index in [0.29, 0.717) is 6.42 Å². The van der Waals surface area contributed by atoms with Gasteiger partial charge >= 0.3 is 0 Å². The Morgan fingerprint density at radius 1 is 1.17 bits per heavy atom. The van der Waals surface area contributed by atoms with Gasteiger partial charge in [0.25, 0.3) is 0 Å². The summed E-state index contributed by atoms with van der Waals surface area (Å²) in [5.74, 6) is 0.947. The zero-order valence-corrected chi connectivity index (χ0v) is 13.6. The van der Waals surface area contributed by atoms with Crippen LogP contribution in [0.1, 0.15) is 23.4 Å². The maximum absolute atomic E-state index is 12.4. The summed E-state index contributed by atoms with van der Waals surface area (Å²) in [5, 5.41) is 7.15. The van der Waals surface area contributed by atoms with E-state index >= 15 is 0 Å². The molecule has 23 heavy (non-hydrogen) atoms. The van der Waals surface area contributed by atoms with E-state index in [1.807, 2.05) is 24.8 Å². The van der Waals surface area contributed by atoms with Gasteiger partial charge in [0.1, 0.15) is 0 Å². The van der Waals surface area contributed by atoms with Crippen molar-refractivity contribution in [1.29, 1.82) is 0 Å². The first-order valence-electron chi connectivity index (χ1n) is 7.95. The summed E-state index contributed by atoms with van der Waals surface area (Å²) in [6, 6.07) is 1.81. The molecule has 1 aliphatic heterocycles. The van der Waals surface area contributed by atoms with E-state index in [9.17, 15) is 4.79 Å². The Morgan fingerprint density at radius 3 is 2.48 bits per heavy atom. The summed E-state index contributed by atoms with van der Waals surface area (Å²) >= 11 is 0. The van der Waals surface area contributed by atoms with E-state index in [1.165, 1.54) is 0 Å². The molecule has 3 heterocycles. The molecule has 2 aromatic heterocycles. The van der Waals surface area contributed by atoms with Gasteiger partial charge in [-0.1, -0.05) is 0 Å². The van der Waals surface area contributed by atoms with Crippen LogP contribution in [0.25, 0.3) is 0 Å². The number of carbonyl (C=O) groups excluding carboxylic acids is 1. The number of aromatic amines is 1. The molecule has 7 nitrogen and oxygen atoms in total. The highest BCUT2D eigenvalue weighted by Crippen LogP contribution is 2.14. The van der Waals surface area contributed by atoms with Crippen molar-refractivity contribution in [3.8, 4) is 0 Å². The molecule has 0 aliphatic carbocycles. The highest BCUT2D eigenvalue weighted by Gasteiger charge is 2.22. The molecule has 1 fully saturated rings. The molecule has 0 unspecified atom stereocenters. The van der Waals surface area contributed by atoms with Crippen LogP contribution >= 0.6 is 0 Å². The van der Waals surface area contributed by atoms with Crippen LogP contribution in [-0.2, 0) is 11.2 Å². The molecule has 0 aromatic carbocycles. The first-order valence-corrected chi connectivity index (χ1v) is 7.95. The second-order valence-electron chi connectivity index (χ2n) is 5.83. The maximum Gasteiger partial charge on any atom is 0.225 e. The molecule has 122 valence electrons. The SMILES string of the molecule is Cc1n[nH]c(C)c1CCC(=O)N1CCN(c2ncccn2)CC1. The minimum atomic E-state index is 0.207. The van der Waals surface area contributed by atoms with Gasteiger partial charge in [-0.05, 0) is 31.9 Å². The molecule has 7 heteroatoms. The van der Waals surface area contributed by atoms with E-state index in [-0.39, 0.29) is 5.91 Å². The molecule has 0 spiro atoms. The summed E-state index contributed by atoms with van der Waals surface area (Å²) in [5.41, 5.74) is 3.21. The summed E-state index contributed by atoms with van der Waals surface area (Å²) < 4.78 is 0. The van der Waals surface area contributed by atoms with E-state index in [0.717, 1.165) is 55.5 Å². The highest BCUT2D eigenvalue weighted by atomic mass is 16.2. The first-order chi connectivity index (χ1) is 11.1. The Kier molecular flexibility index (Phi) is 4.55. The monoisotopic (exact) mass is 314 g/mol. The lowest BCUT2D eigenvalue weighted by Crippen LogP contribution is -2.49. The fourth-order valence-corrected chi connectivity index (χ4v) is 2.94. The summed E-state index contributed by atoms with van der Waals surface area (Å²) in [6.07, 6.45) is 4.77. The minimum absolute atomic E-state index is 0.207. The van der Waals surface area contributed by atoms with Gasteiger partial charge in [-0.15, -0.1) is 0 Å². The number of carbonyl (C=O) groups is 1. The smallest absolute Gasteiger partial charge is 0.225 e. The molecule has 1 N–H and O–H groups in total. The summed E-state index contributed by atoms with van der Waals surface area (Å²) in [7, 11) is 0. The summed E-state index contributed by atoms with van der Waals surface area (Å²) in [4.78, 5) is 25.0. The average Bonchev–Trinajstić information content (AvgIpc) is 2.92. The Labute approximate surface area is 135 Å². The van der Waals surface area contributed by atoms with Gasteiger partial charge in [-0.25, -0.2) is 9.97 Å². The van der Waals surface area contributed by atoms with Crippen molar-refractivity contribution in [1.82, 2.24) is 25.1 Å². The lowest BCUT2D eigenvalue weighted by atomic mass is 10.1. The molecule has 0 bridgehead atoms. The molecular weight excluding hydrogens is 292 g/mol. The van der Waals surface area contributed by atoms with Gasteiger partial charge < -0.3 is 9.80 Å². The number of hydrogen-bond donors (Lipinski definition) is 1. The Morgan fingerprint density at radius 2 is 1.87 bits per heavy atom. The van der Waals surface area contributed by atoms with Crippen molar-refractivity contribution in [2.45, 2.75) is 26.7 Å². The number of anilines is 1. The van der Waals surface area contributed by atoms with E-state index in [1.54, 1.807) is 12.4 Å². The molecule has 2 aromatic rings. The zero-order chi connectivity index (χ0) is 16.2. The molecule has 0 saturated carbocycles. The predicted octanol–water partition coefficient (Wildman–Crippen LogP) is 1.10. The van der Waals surface area contributed by atoms with Gasteiger partial charge in [0.2, 0.25) is 11.9 Å². The third-order valence-electron chi connectivity index (χ3n) is 4.34. The van der Waals surface area contributed by atoms with E-state index < -0.39 is 0 Å². The highest BCUT2D eigenvalue weighted by molar-refractivity contribution is 5.76. The fourth-order valence-electron chi connectivity index (χ4n) is 2.94. The van der Waals surface area contributed by atoms with Gasteiger partial charge in [0.05, 0.1) is 5.69 Å². The maximum atomic E-state index is 12.4. The van der Waals surface area contributed by atoms with Gasteiger partial charge in [-0.2, -0.15) is 5.10 Å². The largest absolute Gasteiger partial charge is 0.339 e. The number of nitrogens with zero attached hydrogens (tertiary/aromatic N) is 5. The second-order valence-corrected chi connectivity index (χ2v) is 5.83.